The molecular formula is C12H10N2O5S. The van der Waals surface area contributed by atoms with E-state index in [0.717, 1.165) is 4.09 Å². The number of rotatable bonds is 5. The fraction of sp³-hybridized carbons (Fsp3) is 0.167. The number of benzene rings is 1. The van der Waals surface area contributed by atoms with Crippen molar-refractivity contribution in [1.82, 2.24) is 9.19 Å². The maximum atomic E-state index is 12.1. The summed E-state index contributed by atoms with van der Waals surface area (Å²) < 4.78 is 0.925. The number of carboxylic acids is 2. The number of hydrogen-bond acceptors (Lipinski definition) is 5. The first-order valence-corrected chi connectivity index (χ1v) is 6.51. The number of hydrogen-bond donors (Lipinski definition) is 2. The number of nitrogens with zero attached hydrogens (tertiary/aromatic N) is 2. The molecule has 0 aliphatic carbocycles. The third-order valence-electron chi connectivity index (χ3n) is 2.48. The summed E-state index contributed by atoms with van der Waals surface area (Å²) in [6.45, 7) is 0. The van der Waals surface area contributed by atoms with Gasteiger partial charge in [0.25, 0.3) is 5.56 Å². The van der Waals surface area contributed by atoms with Crippen molar-refractivity contribution in [3.8, 4) is 0 Å². The number of fused-ring (bicyclic) bond motifs is 1. The summed E-state index contributed by atoms with van der Waals surface area (Å²) in [5.74, 6) is -2.50. The normalized spacial score (nSPS) is 10.6. The Hall–Kier alpha value is -2.35. The van der Waals surface area contributed by atoms with Crippen LogP contribution >= 0.6 is 11.9 Å². The summed E-state index contributed by atoms with van der Waals surface area (Å²) in [4.78, 5) is 33.5. The molecule has 1 aromatic carbocycles. The van der Waals surface area contributed by atoms with Crippen molar-refractivity contribution >= 4 is 34.7 Å². The molecule has 2 N–H and O–H groups in total. The lowest BCUT2D eigenvalue weighted by atomic mass is 10.1. The molecule has 0 atom stereocenters. The second-order valence-electron chi connectivity index (χ2n) is 3.91. The summed E-state index contributed by atoms with van der Waals surface area (Å²) in [7, 11) is 0. The van der Waals surface area contributed by atoms with Gasteiger partial charge in [-0.1, -0.05) is 18.2 Å². The fourth-order valence-electron chi connectivity index (χ4n) is 1.71. The molecule has 2 rings (SSSR count). The fourth-order valence-corrected chi connectivity index (χ4v) is 2.32. The average molecular weight is 294 g/mol. The molecule has 1 heterocycles. The van der Waals surface area contributed by atoms with Gasteiger partial charge in [-0.05, 0) is 18.0 Å². The SMILES string of the molecule is O=C(O)CSn1nc(CC(=O)O)c2ccccc2c1=O. The molecule has 0 radical (unpaired) electrons. The molecule has 0 fully saturated rings. The predicted octanol–water partition coefficient (Wildman–Crippen LogP) is 0.605. The van der Waals surface area contributed by atoms with E-state index in [4.69, 9.17) is 10.2 Å². The Morgan fingerprint density at radius 2 is 1.80 bits per heavy atom. The van der Waals surface area contributed by atoms with Crippen molar-refractivity contribution in [3.63, 3.8) is 0 Å². The molecule has 8 heteroatoms. The van der Waals surface area contributed by atoms with Gasteiger partial charge in [-0.3, -0.25) is 14.4 Å². The average Bonchev–Trinajstić information content (AvgIpc) is 2.40. The maximum Gasteiger partial charge on any atom is 0.315 e. The maximum absolute atomic E-state index is 12.1. The van der Waals surface area contributed by atoms with E-state index in [2.05, 4.69) is 5.10 Å². The molecule has 0 saturated heterocycles. The molecule has 2 aromatic rings. The van der Waals surface area contributed by atoms with Crippen LogP contribution < -0.4 is 5.56 Å². The van der Waals surface area contributed by atoms with E-state index in [0.29, 0.717) is 22.7 Å². The summed E-state index contributed by atoms with van der Waals surface area (Å²) in [6.07, 6.45) is -0.339. The summed E-state index contributed by atoms with van der Waals surface area (Å²) >= 11 is 0.712. The highest BCUT2D eigenvalue weighted by atomic mass is 32.2. The van der Waals surface area contributed by atoms with Crippen LogP contribution in [0.1, 0.15) is 5.69 Å². The molecule has 1 aromatic heterocycles. The van der Waals surface area contributed by atoms with Crippen LogP contribution in [0.5, 0.6) is 0 Å². The van der Waals surface area contributed by atoms with Crippen LogP contribution in [-0.2, 0) is 16.0 Å². The van der Waals surface area contributed by atoms with Crippen LogP contribution in [0.25, 0.3) is 10.8 Å². The number of aliphatic carboxylic acids is 2. The molecule has 7 nitrogen and oxygen atoms in total. The summed E-state index contributed by atoms with van der Waals surface area (Å²) in [6, 6.07) is 6.51. The van der Waals surface area contributed by atoms with Gasteiger partial charge in [0.05, 0.1) is 17.5 Å². The first-order valence-electron chi connectivity index (χ1n) is 5.57. The van der Waals surface area contributed by atoms with Crippen LogP contribution in [-0.4, -0.2) is 37.1 Å². The van der Waals surface area contributed by atoms with E-state index in [1.807, 2.05) is 0 Å². The van der Waals surface area contributed by atoms with Gasteiger partial charge in [-0.15, -0.1) is 0 Å². The highest BCUT2D eigenvalue weighted by Gasteiger charge is 2.13. The van der Waals surface area contributed by atoms with Crippen LogP contribution in [0.2, 0.25) is 0 Å². The van der Waals surface area contributed by atoms with Gasteiger partial charge in [-0.25, -0.2) is 0 Å². The quantitative estimate of drug-likeness (QED) is 0.831. The van der Waals surface area contributed by atoms with Gasteiger partial charge in [0.1, 0.15) is 5.75 Å². The number of carboxylic acid groups (broad SMARTS) is 2. The predicted molar refractivity (Wildman–Crippen MR) is 72.8 cm³/mol. The molecule has 0 spiro atoms. The van der Waals surface area contributed by atoms with Crippen LogP contribution in [0.15, 0.2) is 29.1 Å². The standard InChI is InChI=1S/C12H10N2O5S/c15-10(16)5-9-7-3-1-2-4-8(7)12(19)14(13-9)20-6-11(17)18/h1-4H,5-6H2,(H,15,16)(H,17,18). The second-order valence-corrected chi connectivity index (χ2v) is 4.80. The van der Waals surface area contributed by atoms with E-state index < -0.39 is 17.5 Å². The van der Waals surface area contributed by atoms with Crippen molar-refractivity contribution < 1.29 is 19.8 Å². The molecule has 0 unspecified atom stereocenters. The van der Waals surface area contributed by atoms with Gasteiger partial charge < -0.3 is 10.2 Å². The Kier molecular flexibility index (Phi) is 4.04. The van der Waals surface area contributed by atoms with E-state index >= 15 is 0 Å². The largest absolute Gasteiger partial charge is 0.481 e. The molecule has 0 aliphatic heterocycles. The Balaban J connectivity index is 2.58. The molecule has 0 aliphatic rings. The van der Waals surface area contributed by atoms with Crippen LogP contribution in [0.3, 0.4) is 0 Å². The molecule has 104 valence electrons. The summed E-state index contributed by atoms with van der Waals surface area (Å²) in [5, 5.41) is 22.2. The molecule has 0 amide bonds. The Bertz CT molecular complexity index is 740. The minimum atomic E-state index is -1.09. The Morgan fingerprint density at radius 3 is 2.40 bits per heavy atom. The first kappa shape index (κ1) is 14.1. The van der Waals surface area contributed by atoms with Crippen molar-refractivity contribution in [2.45, 2.75) is 6.42 Å². The zero-order chi connectivity index (χ0) is 14.7. The Morgan fingerprint density at radius 1 is 1.15 bits per heavy atom. The van der Waals surface area contributed by atoms with E-state index in [1.165, 1.54) is 0 Å². The minimum Gasteiger partial charge on any atom is -0.481 e. The molecule has 0 saturated carbocycles. The molecule has 20 heavy (non-hydrogen) atoms. The highest BCUT2D eigenvalue weighted by molar-refractivity contribution is 7.98. The smallest absolute Gasteiger partial charge is 0.315 e. The minimum absolute atomic E-state index is 0.227. The molecule has 0 bridgehead atoms. The number of carbonyl (C=O) groups is 2. The van der Waals surface area contributed by atoms with Crippen molar-refractivity contribution in [3.05, 3.63) is 40.3 Å². The highest BCUT2D eigenvalue weighted by Crippen LogP contribution is 2.15. The third-order valence-corrected chi connectivity index (χ3v) is 3.35. The first-order chi connectivity index (χ1) is 9.49. The topological polar surface area (TPSA) is 109 Å². The van der Waals surface area contributed by atoms with Gasteiger partial charge >= 0.3 is 11.9 Å². The lowest BCUT2D eigenvalue weighted by Gasteiger charge is -2.08. The monoisotopic (exact) mass is 294 g/mol. The lowest BCUT2D eigenvalue weighted by molar-refractivity contribution is -0.136. The third kappa shape index (κ3) is 2.97. The Labute approximate surface area is 117 Å². The number of aromatic nitrogens is 2. The van der Waals surface area contributed by atoms with Gasteiger partial charge in [-0.2, -0.15) is 9.19 Å². The van der Waals surface area contributed by atoms with E-state index in [1.54, 1.807) is 24.3 Å². The zero-order valence-corrected chi connectivity index (χ0v) is 11.0. The van der Waals surface area contributed by atoms with E-state index in [9.17, 15) is 14.4 Å². The van der Waals surface area contributed by atoms with Crippen molar-refractivity contribution in [2.75, 3.05) is 5.75 Å². The zero-order valence-electron chi connectivity index (χ0n) is 10.1. The lowest BCUT2D eigenvalue weighted by Crippen LogP contribution is -2.22. The molecular weight excluding hydrogens is 284 g/mol. The second kappa shape index (κ2) is 5.74. The van der Waals surface area contributed by atoms with Crippen molar-refractivity contribution in [2.24, 2.45) is 0 Å². The van der Waals surface area contributed by atoms with Crippen LogP contribution in [0, 0.1) is 0 Å². The van der Waals surface area contributed by atoms with Gasteiger partial charge in [0.15, 0.2) is 0 Å². The van der Waals surface area contributed by atoms with Gasteiger partial charge in [0, 0.05) is 5.39 Å². The van der Waals surface area contributed by atoms with Crippen molar-refractivity contribution in [1.29, 1.82) is 0 Å². The van der Waals surface area contributed by atoms with Gasteiger partial charge in [0.2, 0.25) is 0 Å². The van der Waals surface area contributed by atoms with Crippen LogP contribution in [0.4, 0.5) is 0 Å². The summed E-state index contributed by atoms with van der Waals surface area (Å²) in [5.41, 5.74) is -0.230. The van der Waals surface area contributed by atoms with E-state index in [-0.39, 0.29) is 17.9 Å².